The third-order valence-electron chi connectivity index (χ3n) is 6.22. The molecule has 2 N–H and O–H groups in total. The zero-order valence-electron chi connectivity index (χ0n) is 13.9. The molecule has 2 heteroatoms. The van der Waals surface area contributed by atoms with Crippen molar-refractivity contribution in [1.82, 2.24) is 4.90 Å². The maximum atomic E-state index is 5.79. The highest BCUT2D eigenvalue weighted by molar-refractivity contribution is 5.11. The highest BCUT2D eigenvalue weighted by Crippen LogP contribution is 2.58. The molecular weight excluding hydrogens is 244 g/mol. The van der Waals surface area contributed by atoms with E-state index in [1.807, 2.05) is 0 Å². The number of nitrogens with zero attached hydrogens (tertiary/aromatic N) is 1. The first-order valence-corrected chi connectivity index (χ1v) is 9.20. The summed E-state index contributed by atoms with van der Waals surface area (Å²) in [5, 5.41) is 0. The normalized spacial score (nSPS) is 25.4. The first-order valence-electron chi connectivity index (χ1n) is 9.20. The zero-order valence-corrected chi connectivity index (χ0v) is 13.9. The summed E-state index contributed by atoms with van der Waals surface area (Å²) in [7, 11) is 0. The average Bonchev–Trinajstić information content (AvgIpc) is 2.73. The van der Waals surface area contributed by atoms with Crippen molar-refractivity contribution >= 4 is 0 Å². The van der Waals surface area contributed by atoms with E-state index in [4.69, 9.17) is 5.73 Å². The van der Waals surface area contributed by atoms with Crippen LogP contribution in [0.3, 0.4) is 0 Å². The maximum absolute atomic E-state index is 5.79. The average molecular weight is 280 g/mol. The molecule has 2 fully saturated rings. The standard InChI is InChI=1S/C18H36N2/c1-3-9-18(10-4-2)17(11-6-5-7-12-17)13-16-20(18)15-8-14-19/h3-16,19H2,1-2H3. The monoisotopic (exact) mass is 280 g/mol. The number of hydrogen-bond acceptors (Lipinski definition) is 2. The third kappa shape index (κ3) is 2.78. The molecule has 2 nitrogen and oxygen atoms in total. The molecule has 1 spiro atoms. The van der Waals surface area contributed by atoms with Crippen molar-refractivity contribution in [3.8, 4) is 0 Å². The van der Waals surface area contributed by atoms with Crippen LogP contribution in [-0.4, -0.2) is 30.1 Å². The van der Waals surface area contributed by atoms with E-state index in [1.54, 1.807) is 0 Å². The summed E-state index contributed by atoms with van der Waals surface area (Å²) in [6.45, 7) is 8.18. The summed E-state index contributed by atoms with van der Waals surface area (Å²) in [6.07, 6.45) is 15.5. The van der Waals surface area contributed by atoms with Crippen LogP contribution in [0, 0.1) is 5.41 Å². The Morgan fingerprint density at radius 1 is 0.950 bits per heavy atom. The van der Waals surface area contributed by atoms with E-state index < -0.39 is 0 Å². The van der Waals surface area contributed by atoms with Gasteiger partial charge < -0.3 is 5.73 Å². The fraction of sp³-hybridized carbons (Fsp3) is 1.00. The zero-order chi connectivity index (χ0) is 14.5. The van der Waals surface area contributed by atoms with E-state index in [-0.39, 0.29) is 0 Å². The smallest absolute Gasteiger partial charge is 0.0266 e. The van der Waals surface area contributed by atoms with Gasteiger partial charge in [0.2, 0.25) is 0 Å². The highest BCUT2D eigenvalue weighted by Gasteiger charge is 2.56. The summed E-state index contributed by atoms with van der Waals surface area (Å²) < 4.78 is 0. The predicted octanol–water partition coefficient (Wildman–Crippen LogP) is 4.33. The quantitative estimate of drug-likeness (QED) is 0.752. The van der Waals surface area contributed by atoms with Crippen molar-refractivity contribution in [3.05, 3.63) is 0 Å². The van der Waals surface area contributed by atoms with Crippen LogP contribution in [0.25, 0.3) is 0 Å². The molecule has 0 aromatic heterocycles. The first kappa shape index (κ1) is 16.3. The van der Waals surface area contributed by atoms with Crippen molar-refractivity contribution in [2.45, 2.75) is 90.0 Å². The van der Waals surface area contributed by atoms with Crippen LogP contribution in [0.2, 0.25) is 0 Å². The lowest BCUT2D eigenvalue weighted by Crippen LogP contribution is -2.54. The van der Waals surface area contributed by atoms with Crippen LogP contribution in [0.5, 0.6) is 0 Å². The molecule has 1 aliphatic carbocycles. The second-order valence-corrected chi connectivity index (χ2v) is 7.25. The van der Waals surface area contributed by atoms with E-state index in [1.165, 1.54) is 83.7 Å². The van der Waals surface area contributed by atoms with Gasteiger partial charge in [0.25, 0.3) is 0 Å². The van der Waals surface area contributed by atoms with Crippen LogP contribution >= 0.6 is 0 Å². The Hall–Kier alpha value is -0.0800. The molecule has 118 valence electrons. The van der Waals surface area contributed by atoms with Gasteiger partial charge in [0.15, 0.2) is 0 Å². The first-order chi connectivity index (χ1) is 9.74. The SMILES string of the molecule is CCCC1(CCC)N(CCCN)CCC12CCCCC2. The molecule has 0 aromatic rings. The van der Waals surface area contributed by atoms with Crippen molar-refractivity contribution in [2.24, 2.45) is 11.1 Å². The van der Waals surface area contributed by atoms with E-state index in [0.717, 1.165) is 6.54 Å². The van der Waals surface area contributed by atoms with E-state index in [0.29, 0.717) is 11.0 Å². The largest absolute Gasteiger partial charge is 0.330 e. The third-order valence-corrected chi connectivity index (χ3v) is 6.22. The topological polar surface area (TPSA) is 29.3 Å². The van der Waals surface area contributed by atoms with E-state index in [2.05, 4.69) is 18.7 Å². The number of hydrogen-bond donors (Lipinski definition) is 1. The second kappa shape index (κ2) is 7.26. The molecule has 1 heterocycles. The molecule has 1 saturated heterocycles. The summed E-state index contributed by atoms with van der Waals surface area (Å²) in [5.41, 5.74) is 6.94. The lowest BCUT2D eigenvalue weighted by atomic mass is 9.59. The van der Waals surface area contributed by atoms with Gasteiger partial charge in [0.1, 0.15) is 0 Å². The predicted molar refractivity (Wildman–Crippen MR) is 87.9 cm³/mol. The van der Waals surface area contributed by atoms with Crippen LogP contribution < -0.4 is 5.73 Å². The minimum absolute atomic E-state index is 0.506. The van der Waals surface area contributed by atoms with Gasteiger partial charge in [0.05, 0.1) is 0 Å². The fourth-order valence-electron chi connectivity index (χ4n) is 5.48. The minimum atomic E-state index is 0.506. The highest BCUT2D eigenvalue weighted by atomic mass is 15.2. The van der Waals surface area contributed by atoms with Crippen LogP contribution in [-0.2, 0) is 0 Å². The minimum Gasteiger partial charge on any atom is -0.330 e. The lowest BCUT2D eigenvalue weighted by molar-refractivity contribution is -0.00975. The Bertz CT molecular complexity index is 275. The summed E-state index contributed by atoms with van der Waals surface area (Å²) in [5.74, 6) is 0. The molecule has 0 bridgehead atoms. The summed E-state index contributed by atoms with van der Waals surface area (Å²) >= 11 is 0. The Morgan fingerprint density at radius 2 is 1.60 bits per heavy atom. The van der Waals surface area contributed by atoms with Crippen molar-refractivity contribution < 1.29 is 0 Å². The van der Waals surface area contributed by atoms with Gasteiger partial charge in [-0.3, -0.25) is 4.90 Å². The van der Waals surface area contributed by atoms with Crippen LogP contribution in [0.4, 0.5) is 0 Å². The summed E-state index contributed by atoms with van der Waals surface area (Å²) in [4.78, 5) is 2.87. The second-order valence-electron chi connectivity index (χ2n) is 7.25. The Balaban J connectivity index is 2.25. The van der Waals surface area contributed by atoms with Gasteiger partial charge in [0, 0.05) is 5.54 Å². The molecule has 0 unspecified atom stereocenters. The lowest BCUT2D eigenvalue weighted by Gasteiger charge is -2.52. The van der Waals surface area contributed by atoms with Crippen molar-refractivity contribution in [2.75, 3.05) is 19.6 Å². The Labute approximate surface area is 126 Å². The van der Waals surface area contributed by atoms with Gasteiger partial charge in [-0.05, 0) is 63.6 Å². The number of nitrogens with two attached hydrogens (primary N) is 1. The van der Waals surface area contributed by atoms with Crippen LogP contribution in [0.1, 0.15) is 84.5 Å². The van der Waals surface area contributed by atoms with Crippen LogP contribution in [0.15, 0.2) is 0 Å². The molecule has 1 saturated carbocycles. The van der Waals surface area contributed by atoms with Gasteiger partial charge in [-0.2, -0.15) is 0 Å². The number of likely N-dealkylation sites (tertiary alicyclic amines) is 1. The fourth-order valence-corrected chi connectivity index (χ4v) is 5.48. The molecule has 2 rings (SSSR count). The summed E-state index contributed by atoms with van der Waals surface area (Å²) in [6, 6.07) is 0. The Kier molecular flexibility index (Phi) is 5.92. The molecule has 2 aliphatic rings. The maximum Gasteiger partial charge on any atom is 0.0266 e. The molecule has 20 heavy (non-hydrogen) atoms. The molecule has 0 radical (unpaired) electrons. The Morgan fingerprint density at radius 3 is 2.15 bits per heavy atom. The van der Waals surface area contributed by atoms with E-state index in [9.17, 15) is 0 Å². The van der Waals surface area contributed by atoms with Gasteiger partial charge in [-0.25, -0.2) is 0 Å². The van der Waals surface area contributed by atoms with Gasteiger partial charge in [-0.15, -0.1) is 0 Å². The molecule has 0 atom stereocenters. The van der Waals surface area contributed by atoms with Gasteiger partial charge >= 0.3 is 0 Å². The van der Waals surface area contributed by atoms with Gasteiger partial charge in [-0.1, -0.05) is 46.0 Å². The molecule has 0 aromatic carbocycles. The molecule has 1 aliphatic heterocycles. The number of rotatable bonds is 7. The van der Waals surface area contributed by atoms with E-state index >= 15 is 0 Å². The molecular formula is C18H36N2. The van der Waals surface area contributed by atoms with Crippen molar-refractivity contribution in [1.29, 1.82) is 0 Å². The molecule has 0 amide bonds. The van der Waals surface area contributed by atoms with Crippen molar-refractivity contribution in [3.63, 3.8) is 0 Å².